The molecule has 2 aromatic heterocycles. The second-order valence-corrected chi connectivity index (χ2v) is 6.32. The van der Waals surface area contributed by atoms with Crippen molar-refractivity contribution in [3.63, 3.8) is 0 Å². The van der Waals surface area contributed by atoms with Crippen LogP contribution in [-0.4, -0.2) is 20.6 Å². The van der Waals surface area contributed by atoms with Crippen molar-refractivity contribution in [2.24, 2.45) is 5.73 Å². The Kier molecular flexibility index (Phi) is 2.28. The highest BCUT2D eigenvalue weighted by molar-refractivity contribution is 5.75. The fraction of sp³-hybridized carbons (Fsp3) is 0.600. The van der Waals surface area contributed by atoms with Gasteiger partial charge >= 0.3 is 0 Å². The van der Waals surface area contributed by atoms with Crippen LogP contribution in [0.2, 0.25) is 0 Å². The first-order valence-corrected chi connectivity index (χ1v) is 7.28. The number of rotatable bonds is 2. The van der Waals surface area contributed by atoms with Gasteiger partial charge in [-0.2, -0.15) is 0 Å². The molecule has 0 radical (unpaired) electrons. The van der Waals surface area contributed by atoms with Crippen molar-refractivity contribution in [1.29, 1.82) is 0 Å². The molecule has 19 heavy (non-hydrogen) atoms. The Morgan fingerprint density at radius 3 is 2.89 bits per heavy atom. The smallest absolute Gasteiger partial charge is 0.117 e. The number of nitrogens with zero attached hydrogens (tertiary/aromatic N) is 3. The first-order valence-electron chi connectivity index (χ1n) is 7.28. The normalized spacial score (nSPS) is 31.2. The van der Waals surface area contributed by atoms with Crippen molar-refractivity contribution >= 4 is 11.0 Å². The summed E-state index contributed by atoms with van der Waals surface area (Å²) in [5, 5.41) is 0. The highest BCUT2D eigenvalue weighted by Gasteiger charge is 2.43. The third-order valence-electron chi connectivity index (χ3n) is 4.94. The molecule has 2 heterocycles. The number of pyridine rings is 1. The zero-order valence-corrected chi connectivity index (χ0v) is 11.3. The monoisotopic (exact) mass is 256 g/mol. The van der Waals surface area contributed by atoms with Gasteiger partial charge in [0.2, 0.25) is 0 Å². The second kappa shape index (κ2) is 3.79. The third-order valence-corrected chi connectivity index (χ3v) is 4.94. The van der Waals surface area contributed by atoms with Gasteiger partial charge in [-0.05, 0) is 31.7 Å². The summed E-state index contributed by atoms with van der Waals surface area (Å²) in [6.07, 6.45) is 9.76. The zero-order chi connectivity index (χ0) is 13.0. The van der Waals surface area contributed by atoms with Gasteiger partial charge in [0.25, 0.3) is 0 Å². The molecule has 0 saturated heterocycles. The summed E-state index contributed by atoms with van der Waals surface area (Å²) in [6, 6.07) is 2.95. The SMILES string of the molecule is CC1(c2nc3cnccc3n2C2CC2)CCCC1N. The summed E-state index contributed by atoms with van der Waals surface area (Å²) in [7, 11) is 0. The first kappa shape index (κ1) is 11.4. The van der Waals surface area contributed by atoms with Gasteiger partial charge in [-0.1, -0.05) is 13.3 Å². The molecular formula is C15H20N4. The molecule has 2 N–H and O–H groups in total. The molecule has 2 unspecified atom stereocenters. The predicted molar refractivity (Wildman–Crippen MR) is 75.0 cm³/mol. The molecule has 2 fully saturated rings. The lowest BCUT2D eigenvalue weighted by Gasteiger charge is -2.29. The van der Waals surface area contributed by atoms with Crippen LogP contribution >= 0.6 is 0 Å². The Balaban J connectivity index is 1.96. The average molecular weight is 256 g/mol. The lowest BCUT2D eigenvalue weighted by atomic mass is 9.84. The summed E-state index contributed by atoms with van der Waals surface area (Å²) in [5.74, 6) is 1.20. The van der Waals surface area contributed by atoms with Crippen molar-refractivity contribution in [2.45, 2.75) is 56.5 Å². The van der Waals surface area contributed by atoms with Gasteiger partial charge in [-0.15, -0.1) is 0 Å². The van der Waals surface area contributed by atoms with Gasteiger partial charge in [0.05, 0.1) is 11.7 Å². The van der Waals surface area contributed by atoms with Crippen LogP contribution in [0.3, 0.4) is 0 Å². The molecule has 4 rings (SSSR count). The molecule has 0 amide bonds. The number of aromatic nitrogens is 3. The Morgan fingerprint density at radius 1 is 1.37 bits per heavy atom. The topological polar surface area (TPSA) is 56.7 Å². The van der Waals surface area contributed by atoms with E-state index in [0.717, 1.165) is 18.4 Å². The number of hydrogen-bond donors (Lipinski definition) is 1. The maximum Gasteiger partial charge on any atom is 0.117 e. The minimum absolute atomic E-state index is 0.0294. The van der Waals surface area contributed by atoms with E-state index >= 15 is 0 Å². The number of hydrogen-bond acceptors (Lipinski definition) is 3. The van der Waals surface area contributed by atoms with Crippen molar-refractivity contribution in [2.75, 3.05) is 0 Å². The zero-order valence-electron chi connectivity index (χ0n) is 11.3. The lowest BCUT2D eigenvalue weighted by molar-refractivity contribution is 0.388. The van der Waals surface area contributed by atoms with Gasteiger partial charge in [0.15, 0.2) is 0 Å². The van der Waals surface area contributed by atoms with E-state index in [2.05, 4.69) is 22.5 Å². The van der Waals surface area contributed by atoms with E-state index in [1.165, 1.54) is 30.6 Å². The van der Waals surface area contributed by atoms with E-state index in [0.29, 0.717) is 6.04 Å². The molecule has 2 aromatic rings. The molecule has 2 atom stereocenters. The Bertz CT molecular complexity index is 628. The molecule has 2 aliphatic carbocycles. The average Bonchev–Trinajstić information content (AvgIpc) is 3.09. The van der Waals surface area contributed by atoms with Gasteiger partial charge in [-0.3, -0.25) is 4.98 Å². The van der Waals surface area contributed by atoms with E-state index < -0.39 is 0 Å². The van der Waals surface area contributed by atoms with Gasteiger partial charge in [0.1, 0.15) is 11.3 Å². The quantitative estimate of drug-likeness (QED) is 0.898. The molecular weight excluding hydrogens is 236 g/mol. The van der Waals surface area contributed by atoms with Crippen molar-refractivity contribution in [3.8, 4) is 0 Å². The molecule has 100 valence electrons. The molecule has 0 aliphatic heterocycles. The molecule has 4 heteroatoms. The molecule has 0 aromatic carbocycles. The Morgan fingerprint density at radius 2 is 2.21 bits per heavy atom. The summed E-state index contributed by atoms with van der Waals surface area (Å²) < 4.78 is 2.45. The summed E-state index contributed by atoms with van der Waals surface area (Å²) in [4.78, 5) is 9.11. The van der Waals surface area contributed by atoms with Crippen LogP contribution in [0.4, 0.5) is 0 Å². The first-order chi connectivity index (χ1) is 9.20. The van der Waals surface area contributed by atoms with Gasteiger partial charge in [-0.25, -0.2) is 4.98 Å². The van der Waals surface area contributed by atoms with Crippen molar-refractivity contribution < 1.29 is 0 Å². The highest BCUT2D eigenvalue weighted by atomic mass is 15.2. The molecule has 0 bridgehead atoms. The van der Waals surface area contributed by atoms with E-state index in [1.807, 2.05) is 12.4 Å². The van der Waals surface area contributed by atoms with Crippen LogP contribution in [0.25, 0.3) is 11.0 Å². The van der Waals surface area contributed by atoms with Gasteiger partial charge < -0.3 is 10.3 Å². The van der Waals surface area contributed by atoms with Gasteiger partial charge in [0, 0.05) is 23.7 Å². The Labute approximate surface area is 113 Å². The van der Waals surface area contributed by atoms with Crippen molar-refractivity contribution in [1.82, 2.24) is 14.5 Å². The van der Waals surface area contributed by atoms with Crippen LogP contribution < -0.4 is 5.73 Å². The summed E-state index contributed by atoms with van der Waals surface area (Å²) in [6.45, 7) is 2.29. The van der Waals surface area contributed by atoms with E-state index in [4.69, 9.17) is 10.7 Å². The lowest BCUT2D eigenvalue weighted by Crippen LogP contribution is -2.40. The number of fused-ring (bicyclic) bond motifs is 1. The standard InChI is InChI=1S/C15H20N4/c1-15(7-2-3-13(15)16)14-18-11-9-17-8-6-12(11)19(14)10-4-5-10/h6,8-10,13H,2-5,7,16H2,1H3. The molecule has 4 nitrogen and oxygen atoms in total. The molecule has 0 spiro atoms. The van der Waals surface area contributed by atoms with Crippen LogP contribution in [0.1, 0.15) is 50.9 Å². The fourth-order valence-corrected chi connectivity index (χ4v) is 3.53. The number of imidazole rings is 1. The molecule has 2 saturated carbocycles. The van der Waals surface area contributed by atoms with Crippen LogP contribution in [-0.2, 0) is 5.41 Å². The fourth-order valence-electron chi connectivity index (χ4n) is 3.53. The Hall–Kier alpha value is -1.42. The maximum atomic E-state index is 6.39. The third kappa shape index (κ3) is 1.56. The predicted octanol–water partition coefficient (Wildman–Crippen LogP) is 2.54. The van der Waals surface area contributed by atoms with Crippen LogP contribution in [0, 0.1) is 0 Å². The van der Waals surface area contributed by atoms with E-state index in [9.17, 15) is 0 Å². The van der Waals surface area contributed by atoms with Crippen LogP contribution in [0.5, 0.6) is 0 Å². The molecule has 2 aliphatic rings. The minimum Gasteiger partial charge on any atom is -0.327 e. The maximum absolute atomic E-state index is 6.39. The van der Waals surface area contributed by atoms with E-state index in [-0.39, 0.29) is 11.5 Å². The minimum atomic E-state index is 0.0294. The summed E-state index contributed by atoms with van der Waals surface area (Å²) in [5.41, 5.74) is 8.66. The van der Waals surface area contributed by atoms with E-state index in [1.54, 1.807) is 0 Å². The number of nitrogens with two attached hydrogens (primary N) is 1. The second-order valence-electron chi connectivity index (χ2n) is 6.32. The largest absolute Gasteiger partial charge is 0.327 e. The highest BCUT2D eigenvalue weighted by Crippen LogP contribution is 2.45. The van der Waals surface area contributed by atoms with Crippen LogP contribution in [0.15, 0.2) is 18.5 Å². The summed E-state index contributed by atoms with van der Waals surface area (Å²) >= 11 is 0. The van der Waals surface area contributed by atoms with Crippen molar-refractivity contribution in [3.05, 3.63) is 24.3 Å².